The monoisotopic (exact) mass is 411 g/mol. The van der Waals surface area contributed by atoms with Crippen molar-refractivity contribution in [2.75, 3.05) is 37.6 Å². The number of hydrogen-bond donors (Lipinski definition) is 0. The van der Waals surface area contributed by atoms with Crippen molar-refractivity contribution in [2.45, 2.75) is 51.0 Å². The lowest BCUT2D eigenvalue weighted by Gasteiger charge is -2.40. The summed E-state index contributed by atoms with van der Waals surface area (Å²) < 4.78 is 1.68. The van der Waals surface area contributed by atoms with Gasteiger partial charge in [0, 0.05) is 38.6 Å². The molecule has 0 saturated carbocycles. The highest BCUT2D eigenvalue weighted by Crippen LogP contribution is 2.28. The quantitative estimate of drug-likeness (QED) is 0.758. The fraction of sp³-hybridized carbons (Fsp3) is 0.667. The van der Waals surface area contributed by atoms with Crippen LogP contribution >= 0.6 is 0 Å². The highest BCUT2D eigenvalue weighted by Gasteiger charge is 2.38. The highest BCUT2D eigenvalue weighted by molar-refractivity contribution is 5.89. The van der Waals surface area contributed by atoms with Crippen LogP contribution in [0.1, 0.15) is 44.9 Å². The first kappa shape index (κ1) is 19.3. The summed E-state index contributed by atoms with van der Waals surface area (Å²) in [5.41, 5.74) is 0.725. The Bertz CT molecular complexity index is 915. The van der Waals surface area contributed by atoms with Crippen molar-refractivity contribution >= 4 is 23.3 Å². The van der Waals surface area contributed by atoms with Crippen LogP contribution in [0.4, 0.5) is 5.82 Å². The average molecular weight is 412 g/mol. The second-order valence-corrected chi connectivity index (χ2v) is 8.66. The largest absolute Gasteiger partial charge is 0.355 e. The molecule has 9 heteroatoms. The van der Waals surface area contributed by atoms with Gasteiger partial charge in [-0.1, -0.05) is 0 Å². The van der Waals surface area contributed by atoms with E-state index >= 15 is 0 Å². The van der Waals surface area contributed by atoms with Gasteiger partial charge in [-0.3, -0.25) is 9.59 Å². The maximum absolute atomic E-state index is 13.4. The molecule has 1 unspecified atom stereocenters. The maximum Gasteiger partial charge on any atom is 0.245 e. The van der Waals surface area contributed by atoms with Crippen molar-refractivity contribution in [3.63, 3.8) is 0 Å². The smallest absolute Gasteiger partial charge is 0.245 e. The summed E-state index contributed by atoms with van der Waals surface area (Å²) in [5, 5.41) is 12.4. The van der Waals surface area contributed by atoms with Gasteiger partial charge in [0.25, 0.3) is 0 Å². The lowest BCUT2D eigenvalue weighted by Crippen LogP contribution is -2.55. The van der Waals surface area contributed by atoms with Crippen LogP contribution in [0.2, 0.25) is 0 Å². The van der Waals surface area contributed by atoms with E-state index in [1.54, 1.807) is 10.8 Å². The Hall–Kier alpha value is -2.71. The molecule has 0 bridgehead atoms. The summed E-state index contributed by atoms with van der Waals surface area (Å²) in [6.07, 6.45) is 8.19. The van der Waals surface area contributed by atoms with E-state index in [-0.39, 0.29) is 23.8 Å². The third-order valence-corrected chi connectivity index (χ3v) is 6.80. The fourth-order valence-electron chi connectivity index (χ4n) is 5.08. The van der Waals surface area contributed by atoms with Gasteiger partial charge >= 0.3 is 0 Å². The molecule has 2 aromatic rings. The molecule has 3 saturated heterocycles. The molecule has 3 aliphatic heterocycles. The number of hydrogen-bond acceptors (Lipinski definition) is 6. The number of amides is 2. The minimum Gasteiger partial charge on any atom is -0.355 e. The van der Waals surface area contributed by atoms with Gasteiger partial charge < -0.3 is 14.7 Å². The van der Waals surface area contributed by atoms with Gasteiger partial charge in [-0.15, -0.1) is 15.3 Å². The molecule has 2 aromatic heterocycles. The summed E-state index contributed by atoms with van der Waals surface area (Å²) in [4.78, 5) is 32.5. The molecular weight excluding hydrogens is 382 g/mol. The molecule has 5 rings (SSSR count). The third-order valence-electron chi connectivity index (χ3n) is 6.80. The Kier molecular flexibility index (Phi) is 5.26. The van der Waals surface area contributed by atoms with Crippen LogP contribution in [-0.4, -0.2) is 80.2 Å². The summed E-state index contributed by atoms with van der Waals surface area (Å²) in [5.74, 6) is 1.22. The summed E-state index contributed by atoms with van der Waals surface area (Å²) in [7, 11) is 0. The van der Waals surface area contributed by atoms with E-state index in [0.717, 1.165) is 89.1 Å². The van der Waals surface area contributed by atoms with E-state index in [2.05, 4.69) is 20.2 Å². The van der Waals surface area contributed by atoms with Crippen LogP contribution in [0.5, 0.6) is 0 Å². The second kappa shape index (κ2) is 8.20. The van der Waals surface area contributed by atoms with Gasteiger partial charge in [-0.2, -0.15) is 4.52 Å². The molecular formula is C21H29N7O2. The van der Waals surface area contributed by atoms with E-state index in [9.17, 15) is 9.59 Å². The topological polar surface area (TPSA) is 86.9 Å². The Balaban J connectivity index is 1.23. The molecule has 0 radical (unpaired) electrons. The molecule has 2 amide bonds. The number of piperidine rings is 2. The Morgan fingerprint density at radius 1 is 0.867 bits per heavy atom. The zero-order valence-corrected chi connectivity index (χ0v) is 17.3. The number of carbonyl (C=O) groups is 2. The van der Waals surface area contributed by atoms with Crippen molar-refractivity contribution in [3.8, 4) is 0 Å². The molecule has 160 valence electrons. The first-order valence-electron chi connectivity index (χ1n) is 11.2. The second-order valence-electron chi connectivity index (χ2n) is 8.66. The standard InChI is InChI=1S/C21H29N7O2/c29-20(27-12-2-1-5-17(27)21(30)26-10-3-4-11-26)16-8-13-25(14-9-16)19-7-6-18-23-22-15-28(18)24-19/h6-7,15-17H,1-5,8-14H2. The van der Waals surface area contributed by atoms with Crippen molar-refractivity contribution in [2.24, 2.45) is 5.92 Å². The first-order valence-corrected chi connectivity index (χ1v) is 11.2. The van der Waals surface area contributed by atoms with Crippen molar-refractivity contribution in [1.82, 2.24) is 29.6 Å². The summed E-state index contributed by atoms with van der Waals surface area (Å²) in [6.45, 7) is 3.99. The van der Waals surface area contributed by atoms with E-state index in [0.29, 0.717) is 0 Å². The van der Waals surface area contributed by atoms with E-state index in [4.69, 9.17) is 0 Å². The van der Waals surface area contributed by atoms with Crippen LogP contribution in [0.15, 0.2) is 18.5 Å². The molecule has 0 aliphatic carbocycles. The lowest BCUT2D eigenvalue weighted by atomic mass is 9.92. The number of aromatic nitrogens is 4. The van der Waals surface area contributed by atoms with Gasteiger partial charge in [0.1, 0.15) is 18.2 Å². The number of likely N-dealkylation sites (tertiary alicyclic amines) is 2. The Morgan fingerprint density at radius 3 is 2.43 bits per heavy atom. The summed E-state index contributed by atoms with van der Waals surface area (Å²) >= 11 is 0. The molecule has 0 N–H and O–H groups in total. The minimum absolute atomic E-state index is 0.00753. The van der Waals surface area contributed by atoms with E-state index < -0.39 is 0 Å². The Morgan fingerprint density at radius 2 is 1.63 bits per heavy atom. The molecule has 3 aliphatic rings. The van der Waals surface area contributed by atoms with E-state index in [1.807, 2.05) is 21.9 Å². The first-order chi connectivity index (χ1) is 14.7. The van der Waals surface area contributed by atoms with Gasteiger partial charge in [0.05, 0.1) is 0 Å². The predicted octanol–water partition coefficient (Wildman–Crippen LogP) is 1.34. The summed E-state index contributed by atoms with van der Waals surface area (Å²) in [6, 6.07) is 3.62. The number of anilines is 1. The lowest BCUT2D eigenvalue weighted by molar-refractivity contribution is -0.150. The number of carbonyl (C=O) groups excluding carboxylic acids is 2. The van der Waals surface area contributed by atoms with Crippen LogP contribution < -0.4 is 4.90 Å². The van der Waals surface area contributed by atoms with Gasteiger partial charge in [-0.05, 0) is 57.1 Å². The van der Waals surface area contributed by atoms with Crippen LogP contribution in [0, 0.1) is 5.92 Å². The molecule has 0 spiro atoms. The van der Waals surface area contributed by atoms with Gasteiger partial charge in [0.2, 0.25) is 11.8 Å². The molecule has 30 heavy (non-hydrogen) atoms. The van der Waals surface area contributed by atoms with Crippen LogP contribution in [0.25, 0.3) is 5.65 Å². The van der Waals surface area contributed by atoms with Crippen molar-refractivity contribution < 1.29 is 9.59 Å². The zero-order valence-electron chi connectivity index (χ0n) is 17.3. The predicted molar refractivity (Wildman–Crippen MR) is 111 cm³/mol. The van der Waals surface area contributed by atoms with Crippen LogP contribution in [0.3, 0.4) is 0 Å². The molecule has 3 fully saturated rings. The van der Waals surface area contributed by atoms with Crippen molar-refractivity contribution in [1.29, 1.82) is 0 Å². The molecule has 5 heterocycles. The third kappa shape index (κ3) is 3.61. The zero-order chi connectivity index (χ0) is 20.5. The number of nitrogens with zero attached hydrogens (tertiary/aromatic N) is 7. The van der Waals surface area contributed by atoms with Gasteiger partial charge in [0.15, 0.2) is 5.65 Å². The van der Waals surface area contributed by atoms with Crippen LogP contribution in [-0.2, 0) is 9.59 Å². The average Bonchev–Trinajstić information content (AvgIpc) is 3.50. The number of rotatable bonds is 3. The highest BCUT2D eigenvalue weighted by atomic mass is 16.2. The molecule has 9 nitrogen and oxygen atoms in total. The SMILES string of the molecule is O=C(C1CCCCN1C(=O)C1CCN(c2ccc3nncn3n2)CC1)N1CCCC1. The molecule has 0 aromatic carbocycles. The maximum atomic E-state index is 13.4. The Labute approximate surface area is 176 Å². The number of fused-ring (bicyclic) bond motifs is 1. The van der Waals surface area contributed by atoms with Gasteiger partial charge in [-0.25, -0.2) is 0 Å². The molecule has 1 atom stereocenters. The van der Waals surface area contributed by atoms with E-state index in [1.165, 1.54) is 0 Å². The fourth-order valence-corrected chi connectivity index (χ4v) is 5.08. The van der Waals surface area contributed by atoms with Crippen molar-refractivity contribution in [3.05, 3.63) is 18.5 Å². The minimum atomic E-state index is -0.250. The normalized spacial score (nSPS) is 23.3.